The second-order valence-corrected chi connectivity index (χ2v) is 9.88. The molecule has 1 aliphatic rings. The van der Waals surface area contributed by atoms with Crippen LogP contribution < -0.4 is 64.3 Å². The standard InChI is InChI=1S/C23H31F3N4O6S.2Li/c1-11(28-18(22(33)34)3-4-37-2)21(32)30-10-14(8-19(30)23(35)36)29-20(31)7-13(27)5-12-6-16(25)17(26)9-15(12)24;;/h6,9,11,13-14,18-19,28H,3-5,7-8,10,27H2,1-2H3,(H,29,31)(H,33,34)(H,35,36);;/q;2*+1/p-2/t11-,13+,14-,18-,19-;;/m0../s1. The first kappa shape index (κ1) is 37.4. The second kappa shape index (κ2) is 17.2. The zero-order chi connectivity index (χ0) is 27.9. The van der Waals surface area contributed by atoms with E-state index in [1.165, 1.54) is 18.7 Å². The Hall–Kier alpha value is -1.65. The molecule has 1 heterocycles. The number of thioether (sulfide) groups is 1. The van der Waals surface area contributed by atoms with Gasteiger partial charge in [0.15, 0.2) is 11.6 Å². The van der Waals surface area contributed by atoms with Crippen molar-refractivity contribution in [2.75, 3.05) is 18.6 Å². The first-order chi connectivity index (χ1) is 17.3. The van der Waals surface area contributed by atoms with Gasteiger partial charge in [0.05, 0.1) is 24.0 Å². The zero-order valence-electron chi connectivity index (χ0n) is 22.3. The van der Waals surface area contributed by atoms with Crippen LogP contribution in [0.25, 0.3) is 0 Å². The van der Waals surface area contributed by atoms with Crippen LogP contribution in [0.3, 0.4) is 0 Å². The predicted molar refractivity (Wildman–Crippen MR) is 124 cm³/mol. The number of carbonyl (C=O) groups excluding carboxylic acids is 4. The number of nitrogens with two attached hydrogens (primary N) is 1. The van der Waals surface area contributed by atoms with Crippen molar-refractivity contribution in [2.24, 2.45) is 5.73 Å². The molecular formula is C23H29F3Li2N4O6S. The minimum atomic E-state index is -1.54. The molecule has 1 saturated heterocycles. The van der Waals surface area contributed by atoms with Crippen LogP contribution >= 0.6 is 11.8 Å². The smallest absolute Gasteiger partial charge is 0.548 e. The Bertz CT molecular complexity index is 1030. The van der Waals surface area contributed by atoms with Crippen LogP contribution in [0, 0.1) is 17.5 Å². The van der Waals surface area contributed by atoms with Gasteiger partial charge in [0.25, 0.3) is 0 Å². The number of halogens is 3. The van der Waals surface area contributed by atoms with Gasteiger partial charge in [-0.05, 0) is 49.8 Å². The Morgan fingerprint density at radius 3 is 2.31 bits per heavy atom. The third-order valence-electron chi connectivity index (χ3n) is 5.96. The number of nitrogens with zero attached hydrogens (tertiary/aromatic N) is 1. The molecule has 4 N–H and O–H groups in total. The summed E-state index contributed by atoms with van der Waals surface area (Å²) in [5.41, 5.74) is 5.65. The number of aliphatic carboxylic acids is 2. The van der Waals surface area contributed by atoms with Crippen LogP contribution in [0.4, 0.5) is 13.2 Å². The van der Waals surface area contributed by atoms with Crippen LogP contribution in [0.2, 0.25) is 0 Å². The molecule has 0 aliphatic carbocycles. The number of hydrogen-bond donors (Lipinski definition) is 3. The normalized spacial score (nSPS) is 18.8. The molecule has 1 aromatic rings. The second-order valence-electron chi connectivity index (χ2n) is 8.89. The molecule has 16 heteroatoms. The fourth-order valence-electron chi connectivity index (χ4n) is 4.13. The maximum atomic E-state index is 13.8. The molecule has 0 bridgehead atoms. The monoisotopic (exact) mass is 560 g/mol. The molecule has 2 amide bonds. The van der Waals surface area contributed by atoms with Crippen molar-refractivity contribution in [2.45, 2.75) is 62.8 Å². The molecular weight excluding hydrogens is 531 g/mol. The molecule has 0 saturated carbocycles. The number of hydrogen-bond acceptors (Lipinski definition) is 9. The van der Waals surface area contributed by atoms with Gasteiger partial charge >= 0.3 is 37.7 Å². The first-order valence-electron chi connectivity index (χ1n) is 11.5. The summed E-state index contributed by atoms with van der Waals surface area (Å²) < 4.78 is 40.3. The van der Waals surface area contributed by atoms with Gasteiger partial charge in [0.2, 0.25) is 11.8 Å². The maximum absolute atomic E-state index is 13.8. The SMILES string of the molecule is CSCC[C@H](N[C@@H](C)C(=O)N1C[C@@H](NC(=O)C[C@H](N)Cc2cc(F)c(F)cc2F)C[C@H]1C(=O)[O-])C(=O)[O-].[Li+].[Li+]. The van der Waals surface area contributed by atoms with Crippen LogP contribution in [-0.4, -0.2) is 77.4 Å². The predicted octanol–water partition coefficient (Wildman–Crippen LogP) is -7.94. The Morgan fingerprint density at radius 2 is 1.74 bits per heavy atom. The molecule has 1 aromatic carbocycles. The molecule has 39 heavy (non-hydrogen) atoms. The number of likely N-dealkylation sites (tertiary alicyclic amines) is 1. The third kappa shape index (κ3) is 11.0. The number of carbonyl (C=O) groups is 4. The summed E-state index contributed by atoms with van der Waals surface area (Å²) >= 11 is 1.41. The molecule has 0 spiro atoms. The third-order valence-corrected chi connectivity index (χ3v) is 6.60. The van der Waals surface area contributed by atoms with Gasteiger partial charge < -0.3 is 35.8 Å². The molecule has 10 nitrogen and oxygen atoms in total. The van der Waals surface area contributed by atoms with E-state index in [0.717, 1.165) is 4.90 Å². The molecule has 0 aromatic heterocycles. The fourth-order valence-corrected chi connectivity index (χ4v) is 4.61. The van der Waals surface area contributed by atoms with Crippen molar-refractivity contribution in [3.05, 3.63) is 35.1 Å². The van der Waals surface area contributed by atoms with Crippen LogP contribution in [-0.2, 0) is 25.6 Å². The average molecular weight is 560 g/mol. The molecule has 206 valence electrons. The Morgan fingerprint density at radius 1 is 1.13 bits per heavy atom. The van der Waals surface area contributed by atoms with Crippen molar-refractivity contribution < 1.29 is 80.3 Å². The molecule has 0 radical (unpaired) electrons. The van der Waals surface area contributed by atoms with Crippen LogP contribution in [0.1, 0.15) is 31.7 Å². The zero-order valence-corrected chi connectivity index (χ0v) is 23.1. The molecule has 5 atom stereocenters. The van der Waals surface area contributed by atoms with Crippen LogP contribution in [0.15, 0.2) is 12.1 Å². The Labute approximate surface area is 252 Å². The molecule has 1 fully saturated rings. The van der Waals surface area contributed by atoms with E-state index in [4.69, 9.17) is 5.73 Å². The van der Waals surface area contributed by atoms with E-state index >= 15 is 0 Å². The summed E-state index contributed by atoms with van der Waals surface area (Å²) in [4.78, 5) is 49.4. The van der Waals surface area contributed by atoms with Gasteiger partial charge in [0.1, 0.15) is 5.82 Å². The van der Waals surface area contributed by atoms with E-state index in [-0.39, 0.29) is 75.5 Å². The number of nitrogens with one attached hydrogen (secondary N) is 2. The number of rotatable bonds is 13. The quantitative estimate of drug-likeness (QED) is 0.157. The van der Waals surface area contributed by atoms with E-state index in [0.29, 0.717) is 17.9 Å². The van der Waals surface area contributed by atoms with Gasteiger partial charge in [-0.1, -0.05) is 0 Å². The largest absolute Gasteiger partial charge is 1.00 e. The maximum Gasteiger partial charge on any atom is 1.00 e. The van der Waals surface area contributed by atoms with Gasteiger partial charge in [-0.25, -0.2) is 13.2 Å². The summed E-state index contributed by atoms with van der Waals surface area (Å²) in [5.74, 6) is -7.35. The van der Waals surface area contributed by atoms with Gasteiger partial charge in [-0.2, -0.15) is 11.8 Å². The Balaban J connectivity index is 0.00000722. The minimum Gasteiger partial charge on any atom is -0.548 e. The van der Waals surface area contributed by atoms with Gasteiger partial charge in [-0.3, -0.25) is 14.9 Å². The topological polar surface area (TPSA) is 168 Å². The number of carboxylic acids is 2. The Kier molecular flexibility index (Phi) is 16.5. The van der Waals surface area contributed by atoms with Crippen molar-refractivity contribution in [3.8, 4) is 0 Å². The minimum absolute atomic E-state index is 0. The summed E-state index contributed by atoms with van der Waals surface area (Å²) in [6.07, 6.45) is 1.23. The van der Waals surface area contributed by atoms with E-state index in [1.54, 1.807) is 6.26 Å². The fraction of sp³-hybridized carbons (Fsp3) is 0.565. The number of amides is 2. The molecule has 0 unspecified atom stereocenters. The van der Waals surface area contributed by atoms with Crippen molar-refractivity contribution in [3.63, 3.8) is 0 Å². The van der Waals surface area contributed by atoms with E-state index < -0.39 is 71.4 Å². The van der Waals surface area contributed by atoms with E-state index in [9.17, 15) is 42.6 Å². The van der Waals surface area contributed by atoms with E-state index in [1.807, 2.05) is 0 Å². The number of carboxylic acid groups (broad SMARTS) is 2. The summed E-state index contributed by atoms with van der Waals surface area (Å²) in [7, 11) is 0. The average Bonchev–Trinajstić information content (AvgIpc) is 3.23. The summed E-state index contributed by atoms with van der Waals surface area (Å²) in [5, 5.41) is 28.2. The number of benzene rings is 1. The van der Waals surface area contributed by atoms with Gasteiger partial charge in [0, 0.05) is 37.2 Å². The molecule has 1 aliphatic heterocycles. The van der Waals surface area contributed by atoms with Crippen molar-refractivity contribution >= 4 is 35.5 Å². The van der Waals surface area contributed by atoms with Crippen LogP contribution in [0.5, 0.6) is 0 Å². The first-order valence-corrected chi connectivity index (χ1v) is 12.9. The molecule has 2 rings (SSSR count). The van der Waals surface area contributed by atoms with Gasteiger partial charge in [-0.15, -0.1) is 0 Å². The van der Waals surface area contributed by atoms with Crippen molar-refractivity contribution in [1.29, 1.82) is 0 Å². The summed E-state index contributed by atoms with van der Waals surface area (Å²) in [6, 6.07) is -4.22. The summed E-state index contributed by atoms with van der Waals surface area (Å²) in [6.45, 7) is 1.22. The van der Waals surface area contributed by atoms with Crippen molar-refractivity contribution in [1.82, 2.24) is 15.5 Å². The van der Waals surface area contributed by atoms with E-state index in [2.05, 4.69) is 10.6 Å².